The molecule has 0 rings (SSSR count). The molecule has 0 unspecified atom stereocenters. The topological polar surface area (TPSA) is 92.7 Å². The molecule has 0 spiro atoms. The molecular weight excluding hydrogens is 442 g/mol. The van der Waals surface area contributed by atoms with Gasteiger partial charge >= 0.3 is 11.9 Å². The first-order valence-corrected chi connectivity index (χ1v) is 14.7. The predicted molar refractivity (Wildman–Crippen MR) is 143 cm³/mol. The number of unbranched alkanes of at least 4 members (excludes halogenated alkanes) is 18. The number of rotatable bonds is 26. The zero-order valence-electron chi connectivity index (χ0n) is 22.9. The largest absolute Gasteiger partial charge is 0.481 e. The number of carbonyl (C=O) groups is 3. The van der Waals surface area contributed by atoms with Crippen LogP contribution in [-0.4, -0.2) is 35.6 Å². The fourth-order valence-electron chi connectivity index (χ4n) is 4.27. The van der Waals surface area contributed by atoms with E-state index in [9.17, 15) is 14.4 Å². The number of carboxylic acid groups (broad SMARTS) is 1. The fourth-order valence-corrected chi connectivity index (χ4v) is 4.27. The molecule has 0 saturated heterocycles. The van der Waals surface area contributed by atoms with Gasteiger partial charge in [-0.3, -0.25) is 9.59 Å². The average Bonchev–Trinajstić information content (AvgIpc) is 2.82. The number of carbonyl (C=O) groups excluding carboxylic acids is 2. The lowest BCUT2D eigenvalue weighted by Crippen LogP contribution is -2.43. The molecular formula is C29H55NO5. The van der Waals surface area contributed by atoms with E-state index in [1.54, 1.807) is 0 Å². The first-order chi connectivity index (χ1) is 17.0. The van der Waals surface area contributed by atoms with Crippen molar-refractivity contribution < 1.29 is 24.2 Å². The first-order valence-electron chi connectivity index (χ1n) is 14.7. The van der Waals surface area contributed by atoms with Crippen LogP contribution in [0.4, 0.5) is 0 Å². The summed E-state index contributed by atoms with van der Waals surface area (Å²) in [6.07, 6.45) is 23.6. The van der Waals surface area contributed by atoms with Gasteiger partial charge in [0.25, 0.3) is 0 Å². The number of amides is 1. The van der Waals surface area contributed by atoms with Crippen molar-refractivity contribution in [2.75, 3.05) is 6.61 Å². The molecule has 0 fully saturated rings. The SMILES string of the molecule is CCCCCCCCCCCCCOC(=O)[C@H](CC(=O)O)NC(=O)CCCCCCCCCCC. The highest BCUT2D eigenvalue weighted by molar-refractivity contribution is 5.87. The summed E-state index contributed by atoms with van der Waals surface area (Å²) < 4.78 is 5.27. The van der Waals surface area contributed by atoms with Crippen molar-refractivity contribution in [2.24, 2.45) is 0 Å². The molecule has 0 aliphatic heterocycles. The second-order valence-corrected chi connectivity index (χ2v) is 10.00. The Kier molecular flexibility index (Phi) is 24.3. The summed E-state index contributed by atoms with van der Waals surface area (Å²) in [6, 6.07) is -1.11. The van der Waals surface area contributed by atoms with E-state index in [0.29, 0.717) is 6.42 Å². The van der Waals surface area contributed by atoms with Crippen LogP contribution in [0.1, 0.15) is 155 Å². The summed E-state index contributed by atoms with van der Waals surface area (Å²) in [5.41, 5.74) is 0. The normalized spacial score (nSPS) is 11.8. The molecule has 0 aromatic carbocycles. The Balaban J connectivity index is 3.87. The van der Waals surface area contributed by atoms with Crippen LogP contribution in [0.3, 0.4) is 0 Å². The zero-order valence-corrected chi connectivity index (χ0v) is 22.9. The zero-order chi connectivity index (χ0) is 26.0. The summed E-state index contributed by atoms with van der Waals surface area (Å²) in [6.45, 7) is 4.73. The number of hydrogen-bond acceptors (Lipinski definition) is 4. The van der Waals surface area contributed by atoms with Gasteiger partial charge in [0.2, 0.25) is 5.91 Å². The van der Waals surface area contributed by atoms with E-state index in [1.807, 2.05) is 0 Å². The van der Waals surface area contributed by atoms with Gasteiger partial charge in [-0.25, -0.2) is 4.79 Å². The van der Waals surface area contributed by atoms with Crippen LogP contribution in [0.5, 0.6) is 0 Å². The van der Waals surface area contributed by atoms with E-state index in [0.717, 1.165) is 38.5 Å². The average molecular weight is 498 g/mol. The maximum atomic E-state index is 12.3. The molecule has 0 aliphatic rings. The van der Waals surface area contributed by atoms with Gasteiger partial charge < -0.3 is 15.2 Å². The van der Waals surface area contributed by atoms with E-state index in [4.69, 9.17) is 9.84 Å². The van der Waals surface area contributed by atoms with Crippen molar-refractivity contribution in [1.82, 2.24) is 5.32 Å². The molecule has 35 heavy (non-hydrogen) atoms. The standard InChI is InChI=1S/C29H55NO5/c1-3-5-7-9-11-13-14-16-18-20-22-24-35-29(34)26(25-28(32)33)30-27(31)23-21-19-17-15-12-10-8-6-4-2/h26H,3-25H2,1-2H3,(H,30,31)(H,32,33)/t26-/m0/s1. The first kappa shape index (κ1) is 33.4. The van der Waals surface area contributed by atoms with Crippen LogP contribution in [0.15, 0.2) is 0 Å². The van der Waals surface area contributed by atoms with Crippen LogP contribution in [0, 0.1) is 0 Å². The minimum absolute atomic E-state index is 0.272. The van der Waals surface area contributed by atoms with Crippen molar-refractivity contribution in [2.45, 2.75) is 161 Å². The highest BCUT2D eigenvalue weighted by atomic mass is 16.5. The number of hydrogen-bond donors (Lipinski definition) is 2. The highest BCUT2D eigenvalue weighted by Crippen LogP contribution is 2.12. The molecule has 0 bridgehead atoms. The highest BCUT2D eigenvalue weighted by Gasteiger charge is 2.24. The molecule has 0 saturated carbocycles. The Morgan fingerprint density at radius 3 is 1.46 bits per heavy atom. The van der Waals surface area contributed by atoms with Crippen LogP contribution >= 0.6 is 0 Å². The van der Waals surface area contributed by atoms with Gasteiger partial charge in [0.05, 0.1) is 13.0 Å². The molecule has 1 atom stereocenters. The van der Waals surface area contributed by atoms with Gasteiger partial charge in [-0.1, -0.05) is 129 Å². The molecule has 0 aromatic rings. The maximum absolute atomic E-state index is 12.3. The Morgan fingerprint density at radius 2 is 1.03 bits per heavy atom. The number of esters is 1. The second kappa shape index (κ2) is 25.5. The maximum Gasteiger partial charge on any atom is 0.329 e. The molecule has 206 valence electrons. The lowest BCUT2D eigenvalue weighted by atomic mass is 10.1. The fraction of sp³-hybridized carbons (Fsp3) is 0.897. The van der Waals surface area contributed by atoms with Crippen LogP contribution in [0.25, 0.3) is 0 Å². The third-order valence-corrected chi connectivity index (χ3v) is 6.50. The van der Waals surface area contributed by atoms with Crippen molar-refractivity contribution >= 4 is 17.8 Å². The predicted octanol–water partition coefficient (Wildman–Crippen LogP) is 7.72. The lowest BCUT2D eigenvalue weighted by Gasteiger charge is -2.16. The van der Waals surface area contributed by atoms with E-state index in [-0.39, 0.29) is 12.5 Å². The van der Waals surface area contributed by atoms with Crippen LogP contribution in [0.2, 0.25) is 0 Å². The lowest BCUT2D eigenvalue weighted by molar-refractivity contribution is -0.151. The Labute approximate surface area is 215 Å². The summed E-state index contributed by atoms with van der Waals surface area (Å²) in [4.78, 5) is 35.7. The minimum atomic E-state index is -1.12. The molecule has 0 radical (unpaired) electrons. The van der Waals surface area contributed by atoms with Gasteiger partial charge in [-0.05, 0) is 12.8 Å². The van der Waals surface area contributed by atoms with Crippen molar-refractivity contribution in [1.29, 1.82) is 0 Å². The minimum Gasteiger partial charge on any atom is -0.481 e. The summed E-state index contributed by atoms with van der Waals surface area (Å²) in [7, 11) is 0. The van der Waals surface area contributed by atoms with E-state index in [2.05, 4.69) is 19.2 Å². The quantitative estimate of drug-likeness (QED) is 0.0942. The van der Waals surface area contributed by atoms with Gasteiger partial charge in [0.1, 0.15) is 6.04 Å². The molecule has 6 nitrogen and oxygen atoms in total. The smallest absolute Gasteiger partial charge is 0.329 e. The molecule has 0 heterocycles. The van der Waals surface area contributed by atoms with Gasteiger partial charge in [0.15, 0.2) is 0 Å². The molecule has 0 aromatic heterocycles. The third kappa shape index (κ3) is 23.9. The van der Waals surface area contributed by atoms with Crippen LogP contribution in [-0.2, 0) is 19.1 Å². The molecule has 6 heteroatoms. The monoisotopic (exact) mass is 497 g/mol. The number of ether oxygens (including phenoxy) is 1. The molecule has 1 amide bonds. The number of nitrogens with one attached hydrogen (secondary N) is 1. The molecule has 0 aliphatic carbocycles. The van der Waals surface area contributed by atoms with Crippen molar-refractivity contribution in [3.05, 3.63) is 0 Å². The van der Waals surface area contributed by atoms with E-state index in [1.165, 1.54) is 89.9 Å². The summed E-state index contributed by atoms with van der Waals surface area (Å²) in [5, 5.41) is 11.7. The van der Waals surface area contributed by atoms with Crippen molar-refractivity contribution in [3.8, 4) is 0 Å². The van der Waals surface area contributed by atoms with Gasteiger partial charge in [-0.2, -0.15) is 0 Å². The molecule has 2 N–H and O–H groups in total. The van der Waals surface area contributed by atoms with Crippen molar-refractivity contribution in [3.63, 3.8) is 0 Å². The van der Waals surface area contributed by atoms with Crippen LogP contribution < -0.4 is 5.32 Å². The number of carboxylic acids is 1. The second-order valence-electron chi connectivity index (χ2n) is 10.00. The summed E-state index contributed by atoms with van der Waals surface area (Å²) >= 11 is 0. The Bertz CT molecular complexity index is 523. The summed E-state index contributed by atoms with van der Waals surface area (Å²) in [5.74, 6) is -2.03. The van der Waals surface area contributed by atoms with E-state index < -0.39 is 24.4 Å². The number of aliphatic carboxylic acids is 1. The third-order valence-electron chi connectivity index (χ3n) is 6.50. The van der Waals surface area contributed by atoms with Gasteiger partial charge in [-0.15, -0.1) is 0 Å². The Morgan fingerprint density at radius 1 is 0.629 bits per heavy atom. The van der Waals surface area contributed by atoms with E-state index >= 15 is 0 Å². The Hall–Kier alpha value is -1.59. The van der Waals surface area contributed by atoms with Gasteiger partial charge in [0, 0.05) is 6.42 Å².